The van der Waals surface area contributed by atoms with Crippen molar-refractivity contribution in [3.8, 4) is 5.75 Å². The second-order valence-electron chi connectivity index (χ2n) is 4.22. The molecule has 0 unspecified atom stereocenters. The monoisotopic (exact) mass is 234 g/mol. The normalized spacial score (nSPS) is 19.0. The summed E-state index contributed by atoms with van der Waals surface area (Å²) in [6, 6.07) is 7.71. The number of hydrogen-bond donors (Lipinski definition) is 2. The lowest BCUT2D eigenvalue weighted by Crippen LogP contribution is -2.39. The molecular formula is C13H18N2O2. The van der Waals surface area contributed by atoms with Crippen LogP contribution >= 0.6 is 0 Å². The first-order valence-electron chi connectivity index (χ1n) is 5.93. The molecule has 2 N–H and O–H groups in total. The number of rotatable bonds is 4. The number of benzene rings is 1. The minimum Gasteiger partial charge on any atom is -0.497 e. The topological polar surface area (TPSA) is 50.4 Å². The molecule has 1 aliphatic heterocycles. The Balaban J connectivity index is 1.86. The van der Waals surface area contributed by atoms with Crippen molar-refractivity contribution in [1.29, 1.82) is 0 Å². The smallest absolute Gasteiger partial charge is 0.237 e. The van der Waals surface area contributed by atoms with Gasteiger partial charge in [0.25, 0.3) is 0 Å². The Morgan fingerprint density at radius 2 is 2.47 bits per heavy atom. The van der Waals surface area contributed by atoms with Crippen LogP contribution in [0.2, 0.25) is 0 Å². The molecule has 0 aromatic heterocycles. The third kappa shape index (κ3) is 3.20. The average Bonchev–Trinajstić information content (AvgIpc) is 2.90. The van der Waals surface area contributed by atoms with Gasteiger partial charge in [-0.25, -0.2) is 0 Å². The van der Waals surface area contributed by atoms with Crippen LogP contribution in [0.1, 0.15) is 18.4 Å². The van der Waals surface area contributed by atoms with E-state index in [1.165, 1.54) is 0 Å². The van der Waals surface area contributed by atoms with Crippen LogP contribution in [0.4, 0.5) is 0 Å². The minimum atomic E-state index is -0.0133. The zero-order valence-corrected chi connectivity index (χ0v) is 10.0. The third-order valence-electron chi connectivity index (χ3n) is 2.98. The van der Waals surface area contributed by atoms with E-state index in [9.17, 15) is 4.79 Å². The molecular weight excluding hydrogens is 216 g/mol. The highest BCUT2D eigenvalue weighted by Crippen LogP contribution is 2.12. The van der Waals surface area contributed by atoms with E-state index in [1.54, 1.807) is 7.11 Å². The van der Waals surface area contributed by atoms with Crippen LogP contribution < -0.4 is 15.4 Å². The Morgan fingerprint density at radius 1 is 1.59 bits per heavy atom. The summed E-state index contributed by atoms with van der Waals surface area (Å²) in [5.41, 5.74) is 1.05. The molecule has 1 aromatic rings. The summed E-state index contributed by atoms with van der Waals surface area (Å²) in [6.07, 6.45) is 2.02. The van der Waals surface area contributed by atoms with E-state index >= 15 is 0 Å². The maximum Gasteiger partial charge on any atom is 0.237 e. The molecule has 1 aromatic carbocycles. The standard InChI is InChI=1S/C13H18N2O2/c1-17-11-5-2-4-10(8-11)9-15-13(16)12-6-3-7-14-12/h2,4-5,8,12,14H,3,6-7,9H2,1H3,(H,15,16)/t12-/m0/s1. The van der Waals surface area contributed by atoms with Crippen LogP contribution in [-0.4, -0.2) is 25.6 Å². The fraction of sp³-hybridized carbons (Fsp3) is 0.462. The number of carbonyl (C=O) groups is 1. The lowest BCUT2D eigenvalue weighted by molar-refractivity contribution is -0.122. The quantitative estimate of drug-likeness (QED) is 0.819. The predicted octanol–water partition coefficient (Wildman–Crippen LogP) is 1.06. The number of ether oxygens (including phenoxy) is 1. The molecule has 1 aliphatic rings. The van der Waals surface area contributed by atoms with Crippen molar-refractivity contribution in [3.05, 3.63) is 29.8 Å². The summed E-state index contributed by atoms with van der Waals surface area (Å²) >= 11 is 0. The summed E-state index contributed by atoms with van der Waals surface area (Å²) in [7, 11) is 1.64. The van der Waals surface area contributed by atoms with Gasteiger partial charge in [-0.15, -0.1) is 0 Å². The highest BCUT2D eigenvalue weighted by atomic mass is 16.5. The number of nitrogens with one attached hydrogen (secondary N) is 2. The van der Waals surface area contributed by atoms with Gasteiger partial charge in [-0.1, -0.05) is 12.1 Å². The van der Waals surface area contributed by atoms with Gasteiger partial charge in [0, 0.05) is 6.54 Å². The summed E-state index contributed by atoms with van der Waals surface area (Å²) in [5.74, 6) is 0.904. The molecule has 1 saturated heterocycles. The van der Waals surface area contributed by atoms with Crippen LogP contribution in [0.3, 0.4) is 0 Å². The SMILES string of the molecule is COc1cccc(CNC(=O)[C@@H]2CCCN2)c1. The van der Waals surface area contributed by atoms with Crippen LogP contribution in [0.25, 0.3) is 0 Å². The molecule has 1 amide bonds. The molecule has 2 rings (SSSR count). The molecule has 0 saturated carbocycles. The molecule has 1 fully saturated rings. The Hall–Kier alpha value is -1.55. The van der Waals surface area contributed by atoms with Gasteiger partial charge in [0.2, 0.25) is 5.91 Å². The maximum absolute atomic E-state index is 11.8. The van der Waals surface area contributed by atoms with E-state index in [0.717, 1.165) is 30.7 Å². The average molecular weight is 234 g/mol. The highest BCUT2D eigenvalue weighted by Gasteiger charge is 2.21. The van der Waals surface area contributed by atoms with Crippen LogP contribution in [0.15, 0.2) is 24.3 Å². The van der Waals surface area contributed by atoms with Crippen LogP contribution in [0, 0.1) is 0 Å². The van der Waals surface area contributed by atoms with E-state index in [0.29, 0.717) is 6.54 Å². The first-order valence-corrected chi connectivity index (χ1v) is 5.93. The zero-order chi connectivity index (χ0) is 12.1. The van der Waals surface area contributed by atoms with E-state index in [4.69, 9.17) is 4.74 Å². The molecule has 1 heterocycles. The summed E-state index contributed by atoms with van der Waals surface area (Å²) in [6.45, 7) is 1.49. The Bertz CT molecular complexity index is 387. The van der Waals surface area contributed by atoms with Crippen LogP contribution in [-0.2, 0) is 11.3 Å². The lowest BCUT2D eigenvalue weighted by Gasteiger charge is -2.11. The highest BCUT2D eigenvalue weighted by molar-refractivity contribution is 5.81. The van der Waals surface area contributed by atoms with Gasteiger partial charge >= 0.3 is 0 Å². The summed E-state index contributed by atoms with van der Waals surface area (Å²) in [4.78, 5) is 11.8. The lowest BCUT2D eigenvalue weighted by atomic mass is 10.2. The first kappa shape index (κ1) is 11.9. The van der Waals surface area contributed by atoms with Gasteiger partial charge in [0.15, 0.2) is 0 Å². The molecule has 0 bridgehead atoms. The number of methoxy groups -OCH3 is 1. The Kier molecular flexibility index (Phi) is 3.98. The molecule has 0 aliphatic carbocycles. The number of carbonyl (C=O) groups excluding carboxylic acids is 1. The predicted molar refractivity (Wildman–Crippen MR) is 65.9 cm³/mol. The molecule has 1 atom stereocenters. The number of hydrogen-bond acceptors (Lipinski definition) is 3. The van der Waals surface area contributed by atoms with Crippen molar-refractivity contribution in [2.45, 2.75) is 25.4 Å². The minimum absolute atomic E-state index is 0.0133. The van der Waals surface area contributed by atoms with Gasteiger partial charge in [0.05, 0.1) is 13.2 Å². The first-order chi connectivity index (χ1) is 8.29. The van der Waals surface area contributed by atoms with E-state index in [2.05, 4.69) is 10.6 Å². The van der Waals surface area contributed by atoms with Gasteiger partial charge in [-0.05, 0) is 37.1 Å². The fourth-order valence-electron chi connectivity index (χ4n) is 2.00. The van der Waals surface area contributed by atoms with Gasteiger partial charge < -0.3 is 15.4 Å². The number of amides is 1. The van der Waals surface area contributed by atoms with Crippen molar-refractivity contribution in [2.75, 3.05) is 13.7 Å². The molecule has 4 nitrogen and oxygen atoms in total. The fourth-order valence-corrected chi connectivity index (χ4v) is 2.00. The largest absolute Gasteiger partial charge is 0.497 e. The van der Waals surface area contributed by atoms with Crippen molar-refractivity contribution >= 4 is 5.91 Å². The summed E-state index contributed by atoms with van der Waals surface area (Å²) in [5, 5.41) is 6.11. The van der Waals surface area contributed by atoms with Gasteiger partial charge in [-0.2, -0.15) is 0 Å². The molecule has 17 heavy (non-hydrogen) atoms. The van der Waals surface area contributed by atoms with Crippen molar-refractivity contribution in [1.82, 2.24) is 10.6 Å². The van der Waals surface area contributed by atoms with Crippen molar-refractivity contribution < 1.29 is 9.53 Å². The van der Waals surface area contributed by atoms with Crippen molar-refractivity contribution in [3.63, 3.8) is 0 Å². The van der Waals surface area contributed by atoms with E-state index in [-0.39, 0.29) is 11.9 Å². The molecule has 92 valence electrons. The van der Waals surface area contributed by atoms with E-state index in [1.807, 2.05) is 24.3 Å². The van der Waals surface area contributed by atoms with Gasteiger partial charge in [0.1, 0.15) is 5.75 Å². The van der Waals surface area contributed by atoms with Crippen molar-refractivity contribution in [2.24, 2.45) is 0 Å². The summed E-state index contributed by atoms with van der Waals surface area (Å²) < 4.78 is 5.14. The Morgan fingerprint density at radius 3 is 3.18 bits per heavy atom. The second-order valence-corrected chi connectivity index (χ2v) is 4.22. The zero-order valence-electron chi connectivity index (χ0n) is 10.0. The molecule has 0 spiro atoms. The second kappa shape index (κ2) is 5.68. The third-order valence-corrected chi connectivity index (χ3v) is 2.98. The maximum atomic E-state index is 11.8. The molecule has 4 heteroatoms. The molecule has 0 radical (unpaired) electrons. The van der Waals surface area contributed by atoms with Gasteiger partial charge in [-0.3, -0.25) is 4.79 Å². The Labute approximate surface area is 101 Å². The van der Waals surface area contributed by atoms with E-state index < -0.39 is 0 Å². The van der Waals surface area contributed by atoms with Crippen LogP contribution in [0.5, 0.6) is 5.75 Å².